The number of aryl methyl sites for hydroxylation is 1. The minimum absolute atomic E-state index is 0.102. The molecular weight excluding hydrogens is 224 g/mol. The van der Waals surface area contributed by atoms with Gasteiger partial charge in [0.1, 0.15) is 0 Å². The van der Waals surface area contributed by atoms with E-state index in [-0.39, 0.29) is 5.92 Å². The van der Waals surface area contributed by atoms with Gasteiger partial charge in [0.15, 0.2) is 0 Å². The Labute approximate surface area is 107 Å². The Bertz CT molecular complexity index is 499. The van der Waals surface area contributed by atoms with Crippen LogP contribution in [0.2, 0.25) is 0 Å². The first-order chi connectivity index (χ1) is 8.72. The van der Waals surface area contributed by atoms with Gasteiger partial charge in [-0.25, -0.2) is 0 Å². The van der Waals surface area contributed by atoms with E-state index in [4.69, 9.17) is 5.73 Å². The molecule has 2 rings (SSSR count). The van der Waals surface area contributed by atoms with E-state index < -0.39 is 6.10 Å². The third kappa shape index (κ3) is 2.75. The Morgan fingerprint density at radius 1 is 1.17 bits per heavy atom. The van der Waals surface area contributed by atoms with E-state index in [9.17, 15) is 5.11 Å². The van der Waals surface area contributed by atoms with Crippen LogP contribution >= 0.6 is 0 Å². The maximum absolute atomic E-state index is 10.5. The van der Waals surface area contributed by atoms with Crippen molar-refractivity contribution in [2.75, 3.05) is 6.54 Å². The molecule has 0 spiro atoms. The van der Waals surface area contributed by atoms with Crippen molar-refractivity contribution in [2.24, 2.45) is 5.73 Å². The molecule has 0 aliphatic carbocycles. The Balaban J connectivity index is 2.28. The average molecular weight is 242 g/mol. The van der Waals surface area contributed by atoms with Gasteiger partial charge in [-0.05, 0) is 30.2 Å². The van der Waals surface area contributed by atoms with Crippen LogP contribution in [-0.4, -0.2) is 16.6 Å². The zero-order chi connectivity index (χ0) is 13.0. The van der Waals surface area contributed by atoms with E-state index in [1.165, 1.54) is 0 Å². The normalized spacial score (nSPS) is 14.2. The molecule has 0 saturated heterocycles. The number of benzene rings is 1. The van der Waals surface area contributed by atoms with Crippen molar-refractivity contribution in [1.29, 1.82) is 0 Å². The summed E-state index contributed by atoms with van der Waals surface area (Å²) in [5.41, 5.74) is 8.86. The standard InChI is InChI=1S/C15H18N2O/c1-11-3-2-4-13(9-11)15(18)14(10-16)12-5-7-17-8-6-12/h2-9,14-15,18H,10,16H2,1H3. The molecule has 0 radical (unpaired) electrons. The predicted octanol–water partition coefficient (Wildman–Crippen LogP) is 2.17. The summed E-state index contributed by atoms with van der Waals surface area (Å²) in [6.07, 6.45) is 2.86. The second kappa shape index (κ2) is 5.76. The van der Waals surface area contributed by atoms with Crippen LogP contribution in [0.5, 0.6) is 0 Å². The Morgan fingerprint density at radius 3 is 2.50 bits per heavy atom. The minimum atomic E-state index is -0.586. The fourth-order valence-electron chi connectivity index (χ4n) is 2.14. The molecular formula is C15H18N2O. The van der Waals surface area contributed by atoms with E-state index in [2.05, 4.69) is 4.98 Å². The largest absolute Gasteiger partial charge is 0.388 e. The van der Waals surface area contributed by atoms with E-state index >= 15 is 0 Å². The molecule has 3 nitrogen and oxygen atoms in total. The van der Waals surface area contributed by atoms with Crippen molar-refractivity contribution in [3.8, 4) is 0 Å². The molecule has 94 valence electrons. The number of nitrogens with two attached hydrogens (primary N) is 1. The molecule has 1 aromatic carbocycles. The van der Waals surface area contributed by atoms with Gasteiger partial charge in [0.25, 0.3) is 0 Å². The van der Waals surface area contributed by atoms with Gasteiger partial charge in [0.05, 0.1) is 6.10 Å². The quantitative estimate of drug-likeness (QED) is 0.863. The first-order valence-electron chi connectivity index (χ1n) is 6.07. The molecule has 0 amide bonds. The highest BCUT2D eigenvalue weighted by Gasteiger charge is 2.21. The van der Waals surface area contributed by atoms with Crippen LogP contribution in [0.1, 0.15) is 28.7 Å². The zero-order valence-corrected chi connectivity index (χ0v) is 10.5. The van der Waals surface area contributed by atoms with Gasteiger partial charge in [-0.2, -0.15) is 0 Å². The molecule has 2 atom stereocenters. The van der Waals surface area contributed by atoms with Gasteiger partial charge in [-0.1, -0.05) is 29.8 Å². The molecule has 1 heterocycles. The minimum Gasteiger partial charge on any atom is -0.388 e. The van der Waals surface area contributed by atoms with E-state index in [1.807, 2.05) is 43.3 Å². The van der Waals surface area contributed by atoms with Gasteiger partial charge >= 0.3 is 0 Å². The number of hydrogen-bond acceptors (Lipinski definition) is 3. The fourth-order valence-corrected chi connectivity index (χ4v) is 2.14. The number of aliphatic hydroxyl groups is 1. The molecule has 0 aliphatic rings. The Kier molecular flexibility index (Phi) is 4.07. The van der Waals surface area contributed by atoms with Crippen LogP contribution < -0.4 is 5.73 Å². The molecule has 0 aliphatic heterocycles. The molecule has 18 heavy (non-hydrogen) atoms. The predicted molar refractivity (Wildman–Crippen MR) is 72.2 cm³/mol. The third-order valence-electron chi connectivity index (χ3n) is 3.15. The number of rotatable bonds is 4. The van der Waals surface area contributed by atoms with Crippen LogP contribution in [0.3, 0.4) is 0 Å². The number of pyridine rings is 1. The van der Waals surface area contributed by atoms with Crippen molar-refractivity contribution in [3.05, 3.63) is 65.5 Å². The maximum Gasteiger partial charge on any atom is 0.0870 e. The van der Waals surface area contributed by atoms with Crippen LogP contribution in [0.25, 0.3) is 0 Å². The Hall–Kier alpha value is -1.71. The molecule has 2 unspecified atom stereocenters. The van der Waals surface area contributed by atoms with Crippen molar-refractivity contribution >= 4 is 0 Å². The van der Waals surface area contributed by atoms with Crippen LogP contribution in [0, 0.1) is 6.92 Å². The number of aliphatic hydroxyl groups excluding tert-OH is 1. The summed E-state index contributed by atoms with van der Waals surface area (Å²) in [5.74, 6) is -0.102. The highest BCUT2D eigenvalue weighted by atomic mass is 16.3. The average Bonchev–Trinajstić information content (AvgIpc) is 2.41. The Morgan fingerprint density at radius 2 is 1.89 bits per heavy atom. The van der Waals surface area contributed by atoms with Crippen LogP contribution in [-0.2, 0) is 0 Å². The molecule has 3 N–H and O–H groups in total. The summed E-state index contributed by atoms with van der Waals surface area (Å²) in [6.45, 7) is 2.42. The van der Waals surface area contributed by atoms with Gasteiger partial charge < -0.3 is 10.8 Å². The van der Waals surface area contributed by atoms with E-state index in [0.29, 0.717) is 6.54 Å². The van der Waals surface area contributed by atoms with Crippen LogP contribution in [0.4, 0.5) is 0 Å². The third-order valence-corrected chi connectivity index (χ3v) is 3.15. The van der Waals surface area contributed by atoms with E-state index in [0.717, 1.165) is 16.7 Å². The lowest BCUT2D eigenvalue weighted by Crippen LogP contribution is -2.20. The monoisotopic (exact) mass is 242 g/mol. The highest BCUT2D eigenvalue weighted by Crippen LogP contribution is 2.30. The lowest BCUT2D eigenvalue weighted by Gasteiger charge is -2.22. The van der Waals surface area contributed by atoms with Crippen LogP contribution in [0.15, 0.2) is 48.8 Å². The van der Waals surface area contributed by atoms with Crippen molar-refractivity contribution < 1.29 is 5.11 Å². The zero-order valence-electron chi connectivity index (χ0n) is 10.5. The first kappa shape index (κ1) is 12.7. The summed E-state index contributed by atoms with van der Waals surface area (Å²) in [7, 11) is 0. The molecule has 0 fully saturated rings. The smallest absolute Gasteiger partial charge is 0.0870 e. The number of aromatic nitrogens is 1. The molecule has 0 saturated carbocycles. The molecule has 1 aromatic heterocycles. The molecule has 2 aromatic rings. The molecule has 0 bridgehead atoms. The van der Waals surface area contributed by atoms with E-state index in [1.54, 1.807) is 12.4 Å². The summed E-state index contributed by atoms with van der Waals surface area (Å²) in [4.78, 5) is 3.99. The number of nitrogens with zero attached hydrogens (tertiary/aromatic N) is 1. The second-order valence-corrected chi connectivity index (χ2v) is 4.48. The lowest BCUT2D eigenvalue weighted by atomic mass is 9.89. The maximum atomic E-state index is 10.5. The summed E-state index contributed by atoms with van der Waals surface area (Å²) in [5, 5.41) is 10.5. The summed E-state index contributed by atoms with van der Waals surface area (Å²) in [6, 6.07) is 11.7. The summed E-state index contributed by atoms with van der Waals surface area (Å²) < 4.78 is 0. The van der Waals surface area contributed by atoms with Crippen molar-refractivity contribution in [3.63, 3.8) is 0 Å². The van der Waals surface area contributed by atoms with Gasteiger partial charge in [0.2, 0.25) is 0 Å². The SMILES string of the molecule is Cc1cccc(C(O)C(CN)c2ccncc2)c1. The van der Waals surface area contributed by atoms with Gasteiger partial charge in [-0.3, -0.25) is 4.98 Å². The lowest BCUT2D eigenvalue weighted by molar-refractivity contribution is 0.147. The first-order valence-corrected chi connectivity index (χ1v) is 6.07. The highest BCUT2D eigenvalue weighted by molar-refractivity contribution is 5.28. The van der Waals surface area contributed by atoms with Gasteiger partial charge in [0, 0.05) is 24.9 Å². The second-order valence-electron chi connectivity index (χ2n) is 4.48. The van der Waals surface area contributed by atoms with Gasteiger partial charge in [-0.15, -0.1) is 0 Å². The fraction of sp³-hybridized carbons (Fsp3) is 0.267. The molecule has 3 heteroatoms. The van der Waals surface area contributed by atoms with Crippen molar-refractivity contribution in [2.45, 2.75) is 18.9 Å². The topological polar surface area (TPSA) is 59.1 Å². The van der Waals surface area contributed by atoms with Crippen molar-refractivity contribution in [1.82, 2.24) is 4.98 Å². The summed E-state index contributed by atoms with van der Waals surface area (Å²) >= 11 is 0. The number of hydrogen-bond donors (Lipinski definition) is 2.